The first kappa shape index (κ1) is 41.4. The van der Waals surface area contributed by atoms with Gasteiger partial charge in [0.15, 0.2) is 6.61 Å². The summed E-state index contributed by atoms with van der Waals surface area (Å²) in [7, 11) is 0. The van der Waals surface area contributed by atoms with E-state index in [1.54, 1.807) is 32.9 Å². The van der Waals surface area contributed by atoms with E-state index in [2.05, 4.69) is 37.5 Å². The van der Waals surface area contributed by atoms with Crippen molar-refractivity contribution < 1.29 is 51.6 Å². The average molecular weight is 762 g/mol. The fourth-order valence-corrected chi connectivity index (χ4v) is 5.36. The van der Waals surface area contributed by atoms with Gasteiger partial charge in [-0.25, -0.2) is 4.79 Å². The molecular weight excluding hydrogens is 715 g/mol. The molecule has 2 amide bonds. The Kier molecular flexibility index (Phi) is 14.6. The zero-order chi connectivity index (χ0) is 39.3. The summed E-state index contributed by atoms with van der Waals surface area (Å²) in [5.41, 5.74) is 0.335. The summed E-state index contributed by atoms with van der Waals surface area (Å²) in [5.74, 6) is -3.06. The second-order valence-electron chi connectivity index (χ2n) is 13.5. The molecule has 0 unspecified atom stereocenters. The molecule has 4 bridgehead atoms. The number of carboxylic acid groups (broad SMARTS) is 1. The molecule has 0 radical (unpaired) electrons. The highest BCUT2D eigenvalue weighted by Crippen LogP contribution is 2.28. The van der Waals surface area contributed by atoms with E-state index in [0.29, 0.717) is 25.3 Å². The molecule has 1 fully saturated rings. The average Bonchev–Trinajstić information content (AvgIpc) is 3.51. The van der Waals surface area contributed by atoms with Crippen molar-refractivity contribution >= 4 is 35.6 Å². The Morgan fingerprint density at radius 2 is 1.81 bits per heavy atom. The number of nitrogens with zero attached hydrogens (tertiary/aromatic N) is 4. The lowest BCUT2D eigenvalue weighted by molar-refractivity contribution is -0.154. The monoisotopic (exact) mass is 761 g/mol. The molecule has 0 aliphatic carbocycles. The molecule has 2 atom stereocenters. The summed E-state index contributed by atoms with van der Waals surface area (Å²) in [6.07, 6.45) is 4.78. The van der Waals surface area contributed by atoms with Gasteiger partial charge in [0.1, 0.15) is 11.4 Å². The molecule has 2 aromatic rings. The Morgan fingerprint density at radius 1 is 1.07 bits per heavy atom. The minimum absolute atomic E-state index is 0.0773. The number of allylic oxidation sites excluding steroid dienone is 2. The fourth-order valence-electron chi connectivity index (χ4n) is 5.36. The molecule has 1 aromatic carbocycles. The van der Waals surface area contributed by atoms with Crippen LogP contribution in [0.2, 0.25) is 0 Å². The van der Waals surface area contributed by atoms with Gasteiger partial charge in [-0.15, -0.1) is 0 Å². The van der Waals surface area contributed by atoms with Gasteiger partial charge in [0.25, 0.3) is 5.91 Å². The molecule has 3 heterocycles. The molecule has 1 saturated heterocycles. The van der Waals surface area contributed by atoms with Crippen molar-refractivity contribution in [2.24, 2.45) is 5.92 Å². The molecule has 0 saturated carbocycles. The number of benzene rings is 1. The number of alkyl halides is 3. The maximum atomic E-state index is 13.7. The van der Waals surface area contributed by atoms with E-state index in [9.17, 15) is 32.7 Å². The second-order valence-corrected chi connectivity index (χ2v) is 13.5. The number of halogens is 3. The lowest BCUT2D eigenvalue weighted by atomic mass is 10.0. The minimum atomic E-state index is -4.65. The Balaban J connectivity index is 1.62. The number of ether oxygens (including phenoxy) is 4. The summed E-state index contributed by atoms with van der Waals surface area (Å²) < 4.78 is 61.1. The molecule has 294 valence electrons. The fraction of sp³-hybridized carbons (Fsp3) is 0.500. The van der Waals surface area contributed by atoms with Gasteiger partial charge < -0.3 is 44.9 Å². The zero-order valence-corrected chi connectivity index (χ0v) is 30.4. The summed E-state index contributed by atoms with van der Waals surface area (Å²) >= 11 is 0. The van der Waals surface area contributed by atoms with Crippen LogP contribution in [0.15, 0.2) is 54.7 Å². The first-order chi connectivity index (χ1) is 25.6. The Hall–Kier alpha value is -5.39. The van der Waals surface area contributed by atoms with Gasteiger partial charge in [0, 0.05) is 38.0 Å². The van der Waals surface area contributed by atoms with Gasteiger partial charge in [-0.05, 0) is 57.7 Å². The van der Waals surface area contributed by atoms with Gasteiger partial charge in [0.05, 0.1) is 30.7 Å². The Bertz CT molecular complexity index is 1700. The van der Waals surface area contributed by atoms with Crippen molar-refractivity contribution in [2.75, 3.05) is 56.7 Å². The predicted molar refractivity (Wildman–Crippen MR) is 192 cm³/mol. The van der Waals surface area contributed by atoms with Crippen LogP contribution in [0.5, 0.6) is 11.8 Å². The van der Waals surface area contributed by atoms with Crippen molar-refractivity contribution in [3.8, 4) is 11.8 Å². The van der Waals surface area contributed by atoms with Crippen molar-refractivity contribution in [1.29, 1.82) is 0 Å². The number of hydrogen-bond donors (Lipinski definition) is 4. The topological polar surface area (TPSA) is 186 Å². The van der Waals surface area contributed by atoms with E-state index in [1.165, 1.54) is 23.1 Å². The molecule has 2 aliphatic rings. The van der Waals surface area contributed by atoms with Crippen LogP contribution in [0, 0.1) is 5.92 Å². The first-order valence-corrected chi connectivity index (χ1v) is 17.4. The SMILES string of the molecule is C=C/C=C1\C=C/COCCCCCCOc2cc(ccc2C(=O)N[C@@H]2CN(C(=O)OC(C)(C)C)C[C@@H]2C(=O)O)Nc2nc(nc(OCC(F)(F)F)n2)NC1. The van der Waals surface area contributed by atoms with E-state index in [-0.39, 0.29) is 49.5 Å². The number of anilines is 3. The smallest absolute Gasteiger partial charge is 0.422 e. The third-order valence-electron chi connectivity index (χ3n) is 7.84. The van der Waals surface area contributed by atoms with E-state index in [1.807, 2.05) is 12.2 Å². The van der Waals surface area contributed by atoms with E-state index in [4.69, 9.17) is 18.9 Å². The van der Waals surface area contributed by atoms with Crippen LogP contribution in [0.4, 0.5) is 35.5 Å². The molecular formula is C36H46F3N7O8. The number of nitrogens with one attached hydrogen (secondary N) is 3. The minimum Gasteiger partial charge on any atom is -0.493 e. The molecule has 15 nitrogen and oxygen atoms in total. The number of carboxylic acids is 1. The van der Waals surface area contributed by atoms with Crippen LogP contribution in [0.25, 0.3) is 0 Å². The molecule has 18 heteroatoms. The van der Waals surface area contributed by atoms with E-state index < -0.39 is 54.3 Å². The number of likely N-dealkylation sites (tertiary alicyclic amines) is 1. The van der Waals surface area contributed by atoms with Gasteiger partial charge in [-0.2, -0.15) is 28.1 Å². The summed E-state index contributed by atoms with van der Waals surface area (Å²) in [4.78, 5) is 52.1. The molecule has 54 heavy (non-hydrogen) atoms. The third kappa shape index (κ3) is 13.5. The van der Waals surface area contributed by atoms with E-state index >= 15 is 0 Å². The van der Waals surface area contributed by atoms with Crippen LogP contribution < -0.4 is 25.4 Å². The highest BCUT2D eigenvalue weighted by Gasteiger charge is 2.42. The van der Waals surface area contributed by atoms with Crippen LogP contribution in [0.1, 0.15) is 56.8 Å². The predicted octanol–water partition coefficient (Wildman–Crippen LogP) is 5.66. The lowest BCUT2D eigenvalue weighted by Crippen LogP contribution is -2.43. The van der Waals surface area contributed by atoms with Crippen molar-refractivity contribution in [3.63, 3.8) is 0 Å². The third-order valence-corrected chi connectivity index (χ3v) is 7.84. The number of aliphatic carboxylic acids is 1. The van der Waals surface area contributed by atoms with Crippen molar-refractivity contribution in [3.05, 3.63) is 60.2 Å². The summed E-state index contributed by atoms with van der Waals surface area (Å²) in [6.45, 7) is 8.22. The molecule has 4 N–H and O–H groups in total. The van der Waals surface area contributed by atoms with Crippen molar-refractivity contribution in [2.45, 2.75) is 64.3 Å². The first-order valence-electron chi connectivity index (χ1n) is 17.4. The maximum absolute atomic E-state index is 13.7. The normalized spacial score (nSPS) is 20.3. The van der Waals surface area contributed by atoms with Crippen LogP contribution in [-0.4, -0.2) is 107 Å². The molecule has 2 aliphatic heterocycles. The highest BCUT2D eigenvalue weighted by molar-refractivity contribution is 5.98. The quantitative estimate of drug-likeness (QED) is 0.283. The van der Waals surface area contributed by atoms with Crippen LogP contribution in [-0.2, 0) is 14.3 Å². The van der Waals surface area contributed by atoms with E-state index in [0.717, 1.165) is 24.8 Å². The summed E-state index contributed by atoms with van der Waals surface area (Å²) in [5, 5.41) is 18.5. The van der Waals surface area contributed by atoms with Gasteiger partial charge in [-0.3, -0.25) is 9.59 Å². The number of aromatic nitrogens is 3. The number of hydrogen-bond acceptors (Lipinski definition) is 12. The van der Waals surface area contributed by atoms with Gasteiger partial charge in [-0.1, -0.05) is 37.3 Å². The second kappa shape index (κ2) is 19.1. The Labute approximate surface area is 311 Å². The summed E-state index contributed by atoms with van der Waals surface area (Å²) in [6, 6.07) is 2.90. The van der Waals surface area contributed by atoms with Crippen LogP contribution >= 0.6 is 0 Å². The zero-order valence-electron chi connectivity index (χ0n) is 30.4. The number of rotatable bonds is 6. The number of fused-ring (bicyclic) bond motifs is 4. The maximum Gasteiger partial charge on any atom is 0.422 e. The standard InChI is InChI=1S/C36H46F3N7O8/c1-5-11-23-12-10-16-51-15-8-6-7-9-17-52-28-18-24(41-32-43-31(40-19-23)44-33(45-32)53-22-36(37,38)39)13-14-25(28)29(47)42-27-21-46(20-26(27)30(48)49)34(50)54-35(2,3)4/h5,10-14,18,26-27H,1,6-9,15-17,19-22H2,2-4H3,(H,42,47)(H,48,49)(H2,40,41,43,44,45)/b12-10-,23-11+/t26-,27+/m0/s1. The van der Waals surface area contributed by atoms with Crippen LogP contribution in [0.3, 0.4) is 0 Å². The Morgan fingerprint density at radius 3 is 2.52 bits per heavy atom. The highest BCUT2D eigenvalue weighted by atomic mass is 19.4. The lowest BCUT2D eigenvalue weighted by Gasteiger charge is -2.24. The molecule has 1 aromatic heterocycles. The number of amides is 2. The van der Waals surface area contributed by atoms with Gasteiger partial charge in [0.2, 0.25) is 11.9 Å². The number of carbonyl (C=O) groups excluding carboxylic acids is 2. The molecule has 4 rings (SSSR count). The number of carbonyl (C=O) groups is 3. The van der Waals surface area contributed by atoms with Crippen molar-refractivity contribution in [1.82, 2.24) is 25.2 Å². The molecule has 0 spiro atoms. The van der Waals surface area contributed by atoms with Gasteiger partial charge >= 0.3 is 24.2 Å². The largest absolute Gasteiger partial charge is 0.493 e.